The quantitative estimate of drug-likeness (QED) is 0.651. The molecular weight excluding hydrogens is 200 g/mol. The lowest BCUT2D eigenvalue weighted by molar-refractivity contribution is 0.713. The number of rotatable bonds is 2. The lowest BCUT2D eigenvalue weighted by atomic mass is 10.1. The molecule has 2 heterocycles. The van der Waals surface area contributed by atoms with Crippen molar-refractivity contribution in [2.45, 2.75) is 6.04 Å². The fourth-order valence-corrected chi connectivity index (χ4v) is 1.61. The Bertz CT molecular complexity index is 451. The zero-order valence-corrected chi connectivity index (χ0v) is 8.25. The molecule has 5 N–H and O–H groups in total. The molecule has 5 heteroatoms. The van der Waals surface area contributed by atoms with Gasteiger partial charge in [-0.1, -0.05) is 11.6 Å². The summed E-state index contributed by atoms with van der Waals surface area (Å²) >= 11 is 5.97. The number of aromatic nitrogens is 2. The van der Waals surface area contributed by atoms with Gasteiger partial charge in [-0.3, -0.25) is 0 Å². The summed E-state index contributed by atoms with van der Waals surface area (Å²) in [5.74, 6) is 0. The van der Waals surface area contributed by atoms with E-state index >= 15 is 0 Å². The number of nitrogens with two attached hydrogens (primary N) is 2. The SMILES string of the molecule is NCC(N)c1cc2cc[nH]c2c(Cl)n1. The van der Waals surface area contributed by atoms with E-state index < -0.39 is 0 Å². The third-order valence-electron chi connectivity index (χ3n) is 2.15. The molecule has 0 saturated heterocycles. The van der Waals surface area contributed by atoms with Crippen LogP contribution in [-0.2, 0) is 0 Å². The molecule has 2 aromatic heterocycles. The summed E-state index contributed by atoms with van der Waals surface area (Å²) < 4.78 is 0. The number of nitrogens with zero attached hydrogens (tertiary/aromatic N) is 1. The third kappa shape index (κ3) is 1.48. The first kappa shape index (κ1) is 9.45. The van der Waals surface area contributed by atoms with Gasteiger partial charge in [0, 0.05) is 18.1 Å². The van der Waals surface area contributed by atoms with E-state index in [-0.39, 0.29) is 6.04 Å². The summed E-state index contributed by atoms with van der Waals surface area (Å²) in [6.07, 6.45) is 1.82. The highest BCUT2D eigenvalue weighted by molar-refractivity contribution is 6.33. The predicted molar refractivity (Wildman–Crippen MR) is 57.1 cm³/mol. The van der Waals surface area contributed by atoms with Gasteiger partial charge in [-0.05, 0) is 12.1 Å². The van der Waals surface area contributed by atoms with Crippen molar-refractivity contribution in [2.75, 3.05) is 6.54 Å². The van der Waals surface area contributed by atoms with Crippen LogP contribution in [0.3, 0.4) is 0 Å². The second-order valence-electron chi connectivity index (χ2n) is 3.12. The van der Waals surface area contributed by atoms with E-state index in [0.717, 1.165) is 16.6 Å². The maximum Gasteiger partial charge on any atom is 0.153 e. The molecule has 0 spiro atoms. The minimum atomic E-state index is -0.258. The van der Waals surface area contributed by atoms with Gasteiger partial charge in [-0.25, -0.2) is 4.98 Å². The molecule has 2 aromatic rings. The van der Waals surface area contributed by atoms with Gasteiger partial charge >= 0.3 is 0 Å². The predicted octanol–water partition coefficient (Wildman–Crippen LogP) is 1.17. The van der Waals surface area contributed by atoms with E-state index in [1.807, 2.05) is 18.3 Å². The molecule has 74 valence electrons. The van der Waals surface area contributed by atoms with Gasteiger partial charge in [-0.2, -0.15) is 0 Å². The Morgan fingerprint density at radius 3 is 3.07 bits per heavy atom. The molecule has 0 radical (unpaired) electrons. The van der Waals surface area contributed by atoms with Crippen molar-refractivity contribution in [3.63, 3.8) is 0 Å². The Kier molecular flexibility index (Phi) is 2.41. The van der Waals surface area contributed by atoms with Gasteiger partial charge in [0.25, 0.3) is 0 Å². The number of H-pyrrole nitrogens is 1. The molecule has 0 aliphatic heterocycles. The first-order valence-corrected chi connectivity index (χ1v) is 4.69. The Labute approximate surface area is 86.3 Å². The van der Waals surface area contributed by atoms with E-state index in [0.29, 0.717) is 11.7 Å². The second-order valence-corrected chi connectivity index (χ2v) is 3.48. The number of hydrogen-bond acceptors (Lipinski definition) is 3. The number of fused-ring (bicyclic) bond motifs is 1. The van der Waals surface area contributed by atoms with Gasteiger partial charge in [0.2, 0.25) is 0 Å². The second kappa shape index (κ2) is 3.57. The topological polar surface area (TPSA) is 80.7 Å². The molecule has 1 atom stereocenters. The van der Waals surface area contributed by atoms with Crippen molar-refractivity contribution in [3.8, 4) is 0 Å². The Balaban J connectivity index is 2.58. The molecule has 14 heavy (non-hydrogen) atoms. The fourth-order valence-electron chi connectivity index (χ4n) is 1.35. The molecule has 0 fully saturated rings. The van der Waals surface area contributed by atoms with Crippen LogP contribution in [0.5, 0.6) is 0 Å². The standard InChI is InChI=1S/C9H11ClN4/c10-9-8-5(1-2-13-8)3-7(14-9)6(12)4-11/h1-3,6,13H,4,11-12H2. The highest BCUT2D eigenvalue weighted by Gasteiger charge is 2.09. The van der Waals surface area contributed by atoms with Gasteiger partial charge in [0.05, 0.1) is 17.3 Å². The Morgan fingerprint density at radius 2 is 2.36 bits per heavy atom. The molecule has 0 aliphatic rings. The molecule has 0 aliphatic carbocycles. The molecule has 0 aromatic carbocycles. The summed E-state index contributed by atoms with van der Waals surface area (Å²) in [4.78, 5) is 7.18. The van der Waals surface area contributed by atoms with Gasteiger partial charge in [0.1, 0.15) is 0 Å². The molecular formula is C9H11ClN4. The number of aromatic amines is 1. The van der Waals surface area contributed by atoms with Crippen LogP contribution < -0.4 is 11.5 Å². The number of pyridine rings is 1. The van der Waals surface area contributed by atoms with Crippen molar-refractivity contribution >= 4 is 22.5 Å². The van der Waals surface area contributed by atoms with Crippen LogP contribution in [0.1, 0.15) is 11.7 Å². The maximum atomic E-state index is 5.97. The summed E-state index contributed by atoms with van der Waals surface area (Å²) in [7, 11) is 0. The Hall–Kier alpha value is -1.10. The summed E-state index contributed by atoms with van der Waals surface area (Å²) in [6, 6.07) is 3.57. The minimum Gasteiger partial charge on any atom is -0.359 e. The van der Waals surface area contributed by atoms with Crippen LogP contribution in [0.15, 0.2) is 18.3 Å². The molecule has 0 amide bonds. The monoisotopic (exact) mass is 210 g/mol. The highest BCUT2D eigenvalue weighted by atomic mass is 35.5. The van der Waals surface area contributed by atoms with Crippen molar-refractivity contribution in [2.24, 2.45) is 11.5 Å². The minimum absolute atomic E-state index is 0.258. The zero-order valence-electron chi connectivity index (χ0n) is 7.50. The number of halogens is 1. The van der Waals surface area contributed by atoms with Crippen molar-refractivity contribution in [1.82, 2.24) is 9.97 Å². The molecule has 1 unspecified atom stereocenters. The number of hydrogen-bond donors (Lipinski definition) is 3. The van der Waals surface area contributed by atoms with E-state index in [2.05, 4.69) is 9.97 Å². The van der Waals surface area contributed by atoms with E-state index in [1.165, 1.54) is 0 Å². The van der Waals surface area contributed by atoms with Crippen molar-refractivity contribution in [1.29, 1.82) is 0 Å². The summed E-state index contributed by atoms with van der Waals surface area (Å²) in [5, 5.41) is 1.44. The average Bonchev–Trinajstić information content (AvgIpc) is 2.64. The van der Waals surface area contributed by atoms with E-state index in [4.69, 9.17) is 23.1 Å². The molecule has 4 nitrogen and oxygen atoms in total. The van der Waals surface area contributed by atoms with Crippen LogP contribution in [0.4, 0.5) is 0 Å². The lowest BCUT2D eigenvalue weighted by Crippen LogP contribution is -2.21. The van der Waals surface area contributed by atoms with Gasteiger partial charge in [-0.15, -0.1) is 0 Å². The fraction of sp³-hybridized carbons (Fsp3) is 0.222. The maximum absolute atomic E-state index is 5.97. The van der Waals surface area contributed by atoms with E-state index in [9.17, 15) is 0 Å². The molecule has 2 rings (SSSR count). The first-order valence-electron chi connectivity index (χ1n) is 4.31. The van der Waals surface area contributed by atoms with Crippen LogP contribution in [0.25, 0.3) is 10.9 Å². The molecule has 0 saturated carbocycles. The van der Waals surface area contributed by atoms with Crippen molar-refractivity contribution in [3.05, 3.63) is 29.2 Å². The average molecular weight is 211 g/mol. The third-order valence-corrected chi connectivity index (χ3v) is 2.42. The highest BCUT2D eigenvalue weighted by Crippen LogP contribution is 2.22. The van der Waals surface area contributed by atoms with Crippen LogP contribution in [0, 0.1) is 0 Å². The van der Waals surface area contributed by atoms with Gasteiger partial charge in [0.15, 0.2) is 5.15 Å². The van der Waals surface area contributed by atoms with Crippen LogP contribution in [-0.4, -0.2) is 16.5 Å². The molecule has 0 bridgehead atoms. The zero-order chi connectivity index (χ0) is 10.1. The smallest absolute Gasteiger partial charge is 0.153 e. The first-order chi connectivity index (χ1) is 6.72. The Morgan fingerprint density at radius 1 is 1.57 bits per heavy atom. The van der Waals surface area contributed by atoms with Gasteiger partial charge < -0.3 is 16.5 Å². The van der Waals surface area contributed by atoms with Crippen LogP contribution in [0.2, 0.25) is 5.15 Å². The summed E-state index contributed by atoms with van der Waals surface area (Å²) in [6.45, 7) is 0.360. The normalized spacial score (nSPS) is 13.4. The van der Waals surface area contributed by atoms with Crippen molar-refractivity contribution < 1.29 is 0 Å². The number of nitrogens with one attached hydrogen (secondary N) is 1. The van der Waals surface area contributed by atoms with Crippen LogP contribution >= 0.6 is 11.6 Å². The largest absolute Gasteiger partial charge is 0.359 e. The lowest BCUT2D eigenvalue weighted by Gasteiger charge is -2.08. The summed E-state index contributed by atoms with van der Waals surface area (Å²) in [5.41, 5.74) is 12.8. The van der Waals surface area contributed by atoms with E-state index in [1.54, 1.807) is 0 Å².